The lowest BCUT2D eigenvalue weighted by atomic mass is 9.53. The van der Waals surface area contributed by atoms with E-state index in [2.05, 4.69) is 70.7 Å². The molecular formula is C26H30N2. The van der Waals surface area contributed by atoms with Crippen molar-refractivity contribution in [2.24, 2.45) is 17.8 Å². The Labute approximate surface area is 168 Å². The summed E-state index contributed by atoms with van der Waals surface area (Å²) < 4.78 is 2.43. The Balaban J connectivity index is 1.27. The number of para-hydroxylation sites is 1. The third-order valence-corrected chi connectivity index (χ3v) is 7.76. The number of rotatable bonds is 5. The molecule has 2 aromatic carbocycles. The highest BCUT2D eigenvalue weighted by Gasteiger charge is 2.50. The van der Waals surface area contributed by atoms with Crippen molar-refractivity contribution < 1.29 is 0 Å². The molecule has 0 radical (unpaired) electrons. The van der Waals surface area contributed by atoms with Crippen LogP contribution in [-0.2, 0) is 13.1 Å². The Bertz CT molecular complexity index is 949. The molecule has 2 heteroatoms. The molecule has 4 aliphatic rings. The molecule has 0 atom stereocenters. The molecule has 0 spiro atoms. The van der Waals surface area contributed by atoms with Gasteiger partial charge >= 0.3 is 0 Å². The van der Waals surface area contributed by atoms with Gasteiger partial charge in [0.2, 0.25) is 0 Å². The zero-order chi connectivity index (χ0) is 18.6. The number of aromatic nitrogens is 1. The molecular weight excluding hydrogens is 340 g/mol. The lowest BCUT2D eigenvalue weighted by Gasteiger charge is -2.57. The van der Waals surface area contributed by atoms with E-state index in [1.807, 2.05) is 0 Å². The van der Waals surface area contributed by atoms with Crippen LogP contribution in [0, 0.1) is 17.8 Å². The van der Waals surface area contributed by atoms with E-state index in [0.29, 0.717) is 5.54 Å². The fourth-order valence-corrected chi connectivity index (χ4v) is 6.98. The van der Waals surface area contributed by atoms with Crippen molar-refractivity contribution in [1.82, 2.24) is 9.88 Å². The Hall–Kier alpha value is -2.06. The van der Waals surface area contributed by atoms with Crippen LogP contribution in [-0.4, -0.2) is 10.1 Å². The Kier molecular flexibility index (Phi) is 3.91. The molecule has 4 saturated carbocycles. The number of hydrogen-bond donors (Lipinski definition) is 1. The molecule has 0 aliphatic heterocycles. The second-order valence-electron chi connectivity index (χ2n) is 9.84. The van der Waals surface area contributed by atoms with Crippen molar-refractivity contribution in [3.05, 3.63) is 71.9 Å². The molecule has 0 saturated heterocycles. The fraction of sp³-hybridized carbons (Fsp3) is 0.462. The van der Waals surface area contributed by atoms with Crippen LogP contribution in [0.15, 0.2) is 60.8 Å². The van der Waals surface area contributed by atoms with Crippen LogP contribution in [0.2, 0.25) is 0 Å². The van der Waals surface area contributed by atoms with Crippen LogP contribution in [0.3, 0.4) is 0 Å². The molecule has 1 aromatic heterocycles. The second kappa shape index (κ2) is 6.49. The second-order valence-corrected chi connectivity index (χ2v) is 9.84. The van der Waals surface area contributed by atoms with Crippen molar-refractivity contribution in [1.29, 1.82) is 0 Å². The predicted molar refractivity (Wildman–Crippen MR) is 115 cm³/mol. The lowest BCUT2D eigenvalue weighted by molar-refractivity contribution is -0.0205. The smallest absolute Gasteiger partial charge is 0.0486 e. The summed E-state index contributed by atoms with van der Waals surface area (Å²) in [6.07, 6.45) is 11.2. The molecule has 1 N–H and O–H groups in total. The number of nitrogens with zero attached hydrogens (tertiary/aromatic N) is 1. The molecule has 1 heterocycles. The largest absolute Gasteiger partial charge is 0.343 e. The first-order chi connectivity index (χ1) is 13.8. The van der Waals surface area contributed by atoms with Crippen molar-refractivity contribution in [2.75, 3.05) is 0 Å². The zero-order valence-electron chi connectivity index (χ0n) is 16.6. The summed E-state index contributed by atoms with van der Waals surface area (Å²) in [4.78, 5) is 0. The quantitative estimate of drug-likeness (QED) is 0.605. The minimum atomic E-state index is 0.428. The van der Waals surface area contributed by atoms with Gasteiger partial charge in [0.1, 0.15) is 0 Å². The van der Waals surface area contributed by atoms with Crippen molar-refractivity contribution in [3.63, 3.8) is 0 Å². The van der Waals surface area contributed by atoms with E-state index in [1.54, 1.807) is 0 Å². The Morgan fingerprint density at radius 2 is 1.46 bits per heavy atom. The van der Waals surface area contributed by atoms with Crippen LogP contribution >= 0.6 is 0 Å². The van der Waals surface area contributed by atoms with E-state index in [4.69, 9.17) is 0 Å². The van der Waals surface area contributed by atoms with E-state index in [1.165, 1.54) is 60.6 Å². The SMILES string of the molecule is c1ccc(Cn2cc(CNC34CC5CC(CC(C5)C3)C4)c3ccccc32)cc1. The topological polar surface area (TPSA) is 17.0 Å². The van der Waals surface area contributed by atoms with E-state index in [9.17, 15) is 0 Å². The summed E-state index contributed by atoms with van der Waals surface area (Å²) in [7, 11) is 0. The molecule has 28 heavy (non-hydrogen) atoms. The molecule has 144 valence electrons. The molecule has 2 nitrogen and oxygen atoms in total. The monoisotopic (exact) mass is 370 g/mol. The zero-order valence-corrected chi connectivity index (χ0v) is 16.6. The molecule has 4 aliphatic carbocycles. The molecule has 7 rings (SSSR count). The summed E-state index contributed by atoms with van der Waals surface area (Å²) in [5.41, 5.74) is 4.61. The van der Waals surface area contributed by atoms with Crippen molar-refractivity contribution in [3.8, 4) is 0 Å². The van der Waals surface area contributed by atoms with Gasteiger partial charge in [-0.2, -0.15) is 0 Å². The van der Waals surface area contributed by atoms with Gasteiger partial charge in [0.25, 0.3) is 0 Å². The van der Waals surface area contributed by atoms with Crippen LogP contribution in [0.25, 0.3) is 10.9 Å². The summed E-state index contributed by atoms with van der Waals surface area (Å²) in [6.45, 7) is 1.95. The Morgan fingerprint density at radius 3 is 2.18 bits per heavy atom. The first kappa shape index (κ1) is 16.9. The molecule has 4 fully saturated rings. The van der Waals surface area contributed by atoms with Gasteiger partial charge in [-0.3, -0.25) is 0 Å². The summed E-state index contributed by atoms with van der Waals surface area (Å²) in [6, 6.07) is 19.7. The van der Waals surface area contributed by atoms with Crippen LogP contribution < -0.4 is 5.32 Å². The van der Waals surface area contributed by atoms with Gasteiger partial charge in [0.15, 0.2) is 0 Å². The standard InChI is InChI=1S/C26H30N2/c1-2-6-19(7-3-1)17-28-18-23(24-8-4-5-9-25(24)28)16-27-26-13-20-10-21(14-26)12-22(11-20)15-26/h1-9,18,20-22,27H,10-17H2. The average Bonchev–Trinajstić information content (AvgIpc) is 3.04. The maximum absolute atomic E-state index is 4.10. The van der Waals surface area contributed by atoms with Gasteiger partial charge in [-0.05, 0) is 73.5 Å². The van der Waals surface area contributed by atoms with Crippen molar-refractivity contribution in [2.45, 2.75) is 57.2 Å². The van der Waals surface area contributed by atoms with E-state index < -0.39 is 0 Å². The van der Waals surface area contributed by atoms with Crippen LogP contribution in [0.1, 0.15) is 49.7 Å². The Morgan fingerprint density at radius 1 is 0.821 bits per heavy atom. The number of hydrogen-bond acceptors (Lipinski definition) is 1. The summed E-state index contributed by atoms with van der Waals surface area (Å²) in [5.74, 6) is 2.99. The molecule has 0 unspecified atom stereocenters. The minimum absolute atomic E-state index is 0.428. The third-order valence-electron chi connectivity index (χ3n) is 7.76. The molecule has 3 aromatic rings. The highest BCUT2D eigenvalue weighted by molar-refractivity contribution is 5.84. The number of benzene rings is 2. The van der Waals surface area contributed by atoms with Gasteiger partial charge in [-0.1, -0.05) is 48.5 Å². The number of fused-ring (bicyclic) bond motifs is 1. The molecule has 0 amide bonds. The van der Waals surface area contributed by atoms with E-state index in [-0.39, 0.29) is 0 Å². The normalized spacial score (nSPS) is 30.9. The van der Waals surface area contributed by atoms with Gasteiger partial charge in [-0.15, -0.1) is 0 Å². The van der Waals surface area contributed by atoms with Gasteiger partial charge < -0.3 is 9.88 Å². The highest BCUT2D eigenvalue weighted by Crippen LogP contribution is 2.55. The average molecular weight is 371 g/mol. The molecule has 4 bridgehead atoms. The van der Waals surface area contributed by atoms with Gasteiger partial charge in [0, 0.05) is 35.7 Å². The van der Waals surface area contributed by atoms with Gasteiger partial charge in [0.05, 0.1) is 0 Å². The summed E-state index contributed by atoms with van der Waals surface area (Å²) in [5, 5.41) is 5.51. The van der Waals surface area contributed by atoms with Gasteiger partial charge in [-0.25, -0.2) is 0 Å². The third kappa shape index (κ3) is 2.90. The fourth-order valence-electron chi connectivity index (χ4n) is 6.98. The predicted octanol–water partition coefficient (Wildman–Crippen LogP) is 5.75. The summed E-state index contributed by atoms with van der Waals surface area (Å²) >= 11 is 0. The number of nitrogens with one attached hydrogen (secondary N) is 1. The maximum Gasteiger partial charge on any atom is 0.0486 e. The minimum Gasteiger partial charge on any atom is -0.343 e. The van der Waals surface area contributed by atoms with Crippen LogP contribution in [0.5, 0.6) is 0 Å². The lowest BCUT2D eigenvalue weighted by Crippen LogP contribution is -2.58. The van der Waals surface area contributed by atoms with Crippen molar-refractivity contribution >= 4 is 10.9 Å². The van der Waals surface area contributed by atoms with Crippen LogP contribution in [0.4, 0.5) is 0 Å². The first-order valence-electron chi connectivity index (χ1n) is 11.1. The first-order valence-corrected chi connectivity index (χ1v) is 11.1. The van der Waals surface area contributed by atoms with E-state index >= 15 is 0 Å². The maximum atomic E-state index is 4.10. The van der Waals surface area contributed by atoms with E-state index in [0.717, 1.165) is 30.8 Å². The highest BCUT2D eigenvalue weighted by atomic mass is 15.0.